The predicted molar refractivity (Wildman–Crippen MR) is 218 cm³/mol. The van der Waals surface area contributed by atoms with E-state index in [4.69, 9.17) is 9.97 Å². The molecule has 0 N–H and O–H groups in total. The summed E-state index contributed by atoms with van der Waals surface area (Å²) in [5.41, 5.74) is 15.5. The Kier molecular flexibility index (Phi) is 6.48. The van der Waals surface area contributed by atoms with E-state index in [1.165, 1.54) is 38.5 Å². The maximum absolute atomic E-state index is 4.88. The van der Waals surface area contributed by atoms with Crippen LogP contribution in [0.4, 0.5) is 17.1 Å². The minimum Gasteiger partial charge on any atom is -0.309 e. The van der Waals surface area contributed by atoms with E-state index in [0.29, 0.717) is 0 Å². The molecule has 5 heteroatoms. The van der Waals surface area contributed by atoms with E-state index in [0.717, 1.165) is 56.2 Å². The van der Waals surface area contributed by atoms with Crippen molar-refractivity contribution >= 4 is 49.8 Å². The molecule has 53 heavy (non-hydrogen) atoms. The van der Waals surface area contributed by atoms with Gasteiger partial charge in [0.15, 0.2) is 0 Å². The van der Waals surface area contributed by atoms with Crippen LogP contribution in [0, 0.1) is 0 Å². The van der Waals surface area contributed by atoms with E-state index < -0.39 is 0 Å². The molecule has 0 amide bonds. The van der Waals surface area contributed by atoms with Gasteiger partial charge >= 0.3 is 0 Å². The van der Waals surface area contributed by atoms with Gasteiger partial charge in [0, 0.05) is 62.1 Å². The summed E-state index contributed by atoms with van der Waals surface area (Å²) in [6.07, 6.45) is 7.80. The molecule has 0 spiro atoms. The fraction of sp³-hybridized carbons (Fsp3) is 0. The number of aromatic nitrogens is 4. The summed E-state index contributed by atoms with van der Waals surface area (Å²) in [7, 11) is 0. The maximum atomic E-state index is 4.88. The number of nitrogens with zero attached hydrogens (tertiary/aromatic N) is 5. The molecule has 0 saturated carbocycles. The van der Waals surface area contributed by atoms with Gasteiger partial charge in [-0.05, 0) is 54.6 Å². The van der Waals surface area contributed by atoms with E-state index in [9.17, 15) is 0 Å². The molecule has 1 aliphatic rings. The first-order valence-corrected chi connectivity index (χ1v) is 17.9. The number of rotatable bonds is 4. The van der Waals surface area contributed by atoms with Crippen LogP contribution in [0.5, 0.6) is 0 Å². The number of hydrogen-bond donors (Lipinski definition) is 0. The Hall–Kier alpha value is -7.24. The predicted octanol–water partition coefficient (Wildman–Crippen LogP) is 12.3. The quantitative estimate of drug-likeness (QED) is 0.186. The molecule has 248 valence electrons. The molecule has 0 radical (unpaired) electrons. The number of benzene rings is 6. The van der Waals surface area contributed by atoms with E-state index >= 15 is 0 Å². The molecule has 10 aromatic rings. The van der Waals surface area contributed by atoms with Gasteiger partial charge < -0.3 is 14.0 Å². The lowest BCUT2D eigenvalue weighted by molar-refractivity contribution is 1.13. The van der Waals surface area contributed by atoms with Crippen molar-refractivity contribution in [3.63, 3.8) is 0 Å². The van der Waals surface area contributed by atoms with Crippen LogP contribution in [0.2, 0.25) is 0 Å². The average molecular weight is 678 g/mol. The highest BCUT2D eigenvalue weighted by atomic mass is 15.2. The Bertz CT molecular complexity index is 2970. The molecule has 11 rings (SSSR count). The molecule has 5 heterocycles. The van der Waals surface area contributed by atoms with Crippen LogP contribution >= 0.6 is 0 Å². The first kappa shape index (κ1) is 29.5. The largest absolute Gasteiger partial charge is 0.309 e. The second-order valence-electron chi connectivity index (χ2n) is 13.5. The minimum atomic E-state index is 0.977. The molecule has 4 aromatic heterocycles. The topological polar surface area (TPSA) is 38.9 Å². The fourth-order valence-corrected chi connectivity index (χ4v) is 8.39. The Morgan fingerprint density at radius 3 is 1.53 bits per heavy atom. The van der Waals surface area contributed by atoms with Crippen molar-refractivity contribution in [1.29, 1.82) is 0 Å². The van der Waals surface area contributed by atoms with Gasteiger partial charge in [0.25, 0.3) is 0 Å². The van der Waals surface area contributed by atoms with Crippen LogP contribution in [-0.2, 0) is 0 Å². The second kappa shape index (κ2) is 11.7. The van der Waals surface area contributed by atoms with E-state index in [1.807, 2.05) is 24.8 Å². The average Bonchev–Trinajstić information content (AvgIpc) is 3.71. The normalized spacial score (nSPS) is 12.1. The lowest BCUT2D eigenvalue weighted by Crippen LogP contribution is -2.11. The minimum absolute atomic E-state index is 0.977. The molecule has 0 unspecified atom stereocenters. The number of fused-ring (bicyclic) bond motifs is 10. The third-order valence-corrected chi connectivity index (χ3v) is 10.6. The Morgan fingerprint density at radius 1 is 0.358 bits per heavy atom. The van der Waals surface area contributed by atoms with Gasteiger partial charge in [0.2, 0.25) is 0 Å². The third kappa shape index (κ3) is 4.44. The van der Waals surface area contributed by atoms with Crippen molar-refractivity contribution < 1.29 is 0 Å². The second-order valence-corrected chi connectivity index (χ2v) is 13.5. The summed E-state index contributed by atoms with van der Waals surface area (Å²) in [5, 5.41) is 3.67. The van der Waals surface area contributed by atoms with Crippen LogP contribution in [-0.4, -0.2) is 19.1 Å². The third-order valence-electron chi connectivity index (χ3n) is 10.6. The number of pyridine rings is 2. The SMILES string of the molecule is c1ccc(-n2c3c(c4ccccc42)-c2ccccc2N(c2cncc(-c4cncc(-n5c6ccccc6c6ccccc65)c4)c2)c2ccccc2-3)cc1. The number of hydrogen-bond acceptors (Lipinski definition) is 3. The Morgan fingerprint density at radius 2 is 0.849 bits per heavy atom. The van der Waals surface area contributed by atoms with Crippen LogP contribution < -0.4 is 4.90 Å². The smallest absolute Gasteiger partial charge is 0.0651 e. The van der Waals surface area contributed by atoms with Crippen molar-refractivity contribution in [2.24, 2.45) is 0 Å². The maximum Gasteiger partial charge on any atom is 0.0651 e. The van der Waals surface area contributed by atoms with Crippen molar-refractivity contribution in [2.75, 3.05) is 4.90 Å². The van der Waals surface area contributed by atoms with Crippen molar-refractivity contribution in [2.45, 2.75) is 0 Å². The molecule has 5 nitrogen and oxygen atoms in total. The Labute approximate surface area is 306 Å². The van der Waals surface area contributed by atoms with Gasteiger partial charge in [-0.2, -0.15) is 0 Å². The fourth-order valence-electron chi connectivity index (χ4n) is 8.39. The lowest BCUT2D eigenvalue weighted by Gasteiger charge is -2.27. The molecule has 0 fully saturated rings. The molecular weight excluding hydrogens is 647 g/mol. The zero-order valence-electron chi connectivity index (χ0n) is 28.6. The molecule has 0 bridgehead atoms. The lowest BCUT2D eigenvalue weighted by atomic mass is 9.98. The van der Waals surface area contributed by atoms with Crippen molar-refractivity contribution in [3.8, 4) is 44.9 Å². The number of para-hydroxylation sites is 6. The zero-order chi connectivity index (χ0) is 34.9. The van der Waals surface area contributed by atoms with Gasteiger partial charge in [-0.3, -0.25) is 9.97 Å². The number of anilines is 3. The molecule has 0 saturated heterocycles. The first-order chi connectivity index (χ1) is 26.3. The van der Waals surface area contributed by atoms with Gasteiger partial charge in [-0.25, -0.2) is 0 Å². The van der Waals surface area contributed by atoms with Gasteiger partial charge in [0.1, 0.15) is 0 Å². The van der Waals surface area contributed by atoms with Crippen LogP contribution in [0.1, 0.15) is 0 Å². The van der Waals surface area contributed by atoms with Crippen LogP contribution in [0.15, 0.2) is 189 Å². The summed E-state index contributed by atoms with van der Waals surface area (Å²) in [6.45, 7) is 0. The van der Waals surface area contributed by atoms with Gasteiger partial charge in [-0.15, -0.1) is 0 Å². The summed E-state index contributed by atoms with van der Waals surface area (Å²) in [5.74, 6) is 0. The van der Waals surface area contributed by atoms with Crippen molar-refractivity contribution in [1.82, 2.24) is 19.1 Å². The molecule has 6 aromatic carbocycles. The van der Waals surface area contributed by atoms with E-state index in [-0.39, 0.29) is 0 Å². The van der Waals surface area contributed by atoms with Crippen LogP contribution in [0.3, 0.4) is 0 Å². The van der Waals surface area contributed by atoms with E-state index in [2.05, 4.69) is 178 Å². The summed E-state index contributed by atoms with van der Waals surface area (Å²) >= 11 is 0. The van der Waals surface area contributed by atoms with E-state index in [1.54, 1.807) is 0 Å². The monoisotopic (exact) mass is 677 g/mol. The standard InChI is InChI=1S/C48H31N5/c1-2-14-34(15-3-1)53-45-24-12-7-19-40(45)47-39-18-6-11-23-44(39)52(46-25-13-8-20-41(46)48(47)53)36-27-33(29-50-31-36)32-26-35(30-49-28-32)51-42-21-9-4-16-37(42)38-17-5-10-22-43(38)51/h1-31H. The highest BCUT2D eigenvalue weighted by Gasteiger charge is 2.31. The van der Waals surface area contributed by atoms with Crippen molar-refractivity contribution in [3.05, 3.63) is 189 Å². The summed E-state index contributed by atoms with van der Waals surface area (Å²) in [6, 6.07) is 58.6. The summed E-state index contributed by atoms with van der Waals surface area (Å²) < 4.78 is 4.73. The van der Waals surface area contributed by atoms with Crippen LogP contribution in [0.25, 0.3) is 77.6 Å². The molecule has 1 aliphatic heterocycles. The molecule has 0 atom stereocenters. The zero-order valence-corrected chi connectivity index (χ0v) is 28.6. The van der Waals surface area contributed by atoms with Gasteiger partial charge in [-0.1, -0.05) is 109 Å². The Balaban J connectivity index is 1.12. The first-order valence-electron chi connectivity index (χ1n) is 17.9. The molecule has 0 aliphatic carbocycles. The molecular formula is C48H31N5. The summed E-state index contributed by atoms with van der Waals surface area (Å²) in [4.78, 5) is 12.0. The highest BCUT2D eigenvalue weighted by Crippen LogP contribution is 2.54. The highest BCUT2D eigenvalue weighted by molar-refractivity contribution is 6.13. The van der Waals surface area contributed by atoms with Gasteiger partial charge in [0.05, 0.1) is 57.4 Å².